The first-order valence-electron chi connectivity index (χ1n) is 15.2. The zero-order chi connectivity index (χ0) is 30.2. The lowest BCUT2D eigenvalue weighted by molar-refractivity contribution is 1.22. The fourth-order valence-electron chi connectivity index (χ4n) is 6.69. The predicted molar refractivity (Wildman–Crippen MR) is 203 cm³/mol. The van der Waals surface area contributed by atoms with Gasteiger partial charge in [-0.2, -0.15) is 0 Å². The molecule has 0 unspecified atom stereocenters. The number of nitrogens with zero attached hydrogens (tertiary/aromatic N) is 2. The number of aromatic nitrogens is 2. The predicted octanol–water partition coefficient (Wildman–Crippen LogP) is 13.1. The molecule has 0 fully saturated rings. The summed E-state index contributed by atoms with van der Waals surface area (Å²) in [5, 5.41) is 7.69. The Kier molecular flexibility index (Phi) is 5.99. The number of fused-ring (bicyclic) bond motifs is 6. The van der Waals surface area contributed by atoms with E-state index < -0.39 is 0 Å². The molecular weight excluding hydrogens is 637 g/mol. The van der Waals surface area contributed by atoms with Crippen LogP contribution in [-0.2, 0) is 0 Å². The highest BCUT2D eigenvalue weighted by atomic mass is 32.1. The average molecular weight is 661 g/mol. The molecule has 6 heterocycles. The normalized spacial score (nSPS) is 11.9. The van der Waals surface area contributed by atoms with Crippen molar-refractivity contribution in [3.63, 3.8) is 0 Å². The third-order valence-corrected chi connectivity index (χ3v) is 13.6. The molecule has 10 aromatic rings. The van der Waals surface area contributed by atoms with Gasteiger partial charge in [0.05, 0.1) is 22.1 Å². The first kappa shape index (κ1) is 26.5. The third kappa shape index (κ3) is 4.05. The number of thiophene rings is 4. The van der Waals surface area contributed by atoms with Crippen LogP contribution in [0.4, 0.5) is 0 Å². The van der Waals surface area contributed by atoms with Gasteiger partial charge in [-0.05, 0) is 72.8 Å². The van der Waals surface area contributed by atoms with E-state index in [2.05, 4.69) is 155 Å². The van der Waals surface area contributed by atoms with Gasteiger partial charge in [0.1, 0.15) is 10.0 Å². The van der Waals surface area contributed by atoms with Gasteiger partial charge >= 0.3 is 0 Å². The molecule has 6 heteroatoms. The van der Waals surface area contributed by atoms with Crippen molar-refractivity contribution in [2.24, 2.45) is 0 Å². The number of hydrogen-bond acceptors (Lipinski definition) is 4. The van der Waals surface area contributed by atoms with Crippen LogP contribution in [0.3, 0.4) is 0 Å². The Morgan fingerprint density at radius 3 is 0.848 bits per heavy atom. The van der Waals surface area contributed by atoms with E-state index in [4.69, 9.17) is 0 Å². The molecule has 46 heavy (non-hydrogen) atoms. The van der Waals surface area contributed by atoms with Gasteiger partial charge in [-0.3, -0.25) is 0 Å². The lowest BCUT2D eigenvalue weighted by Gasteiger charge is -2.03. The standard InChI is InChI=1S/C40H24N2S4/c1-5-13-29-25(9-1)26-10-2-6-14-30(26)41(29)39-23-21-37(45-39)35-19-17-33(43-35)34-18-20-36(44-34)38-22-24-40(46-38)42-31-15-7-3-11-27(31)28-12-4-8-16-32(28)42/h1-24H. The maximum absolute atomic E-state index is 2.41. The van der Waals surface area contributed by atoms with Gasteiger partial charge in [0.25, 0.3) is 0 Å². The fraction of sp³-hybridized carbons (Fsp3) is 0. The molecule has 0 aliphatic heterocycles. The van der Waals surface area contributed by atoms with E-state index in [0.29, 0.717) is 0 Å². The van der Waals surface area contributed by atoms with E-state index in [1.807, 2.05) is 45.3 Å². The topological polar surface area (TPSA) is 9.86 Å². The van der Waals surface area contributed by atoms with Crippen LogP contribution < -0.4 is 0 Å². The first-order chi connectivity index (χ1) is 22.8. The van der Waals surface area contributed by atoms with Gasteiger partial charge in [-0.15, -0.1) is 45.3 Å². The minimum absolute atomic E-state index is 1.25. The second-order valence-electron chi connectivity index (χ2n) is 11.3. The van der Waals surface area contributed by atoms with Crippen LogP contribution >= 0.6 is 45.3 Å². The monoisotopic (exact) mass is 660 g/mol. The smallest absolute Gasteiger partial charge is 0.101 e. The summed E-state index contributed by atoms with van der Waals surface area (Å²) in [6.45, 7) is 0. The molecule has 0 N–H and O–H groups in total. The highest BCUT2D eigenvalue weighted by Gasteiger charge is 2.17. The quantitative estimate of drug-likeness (QED) is 0.174. The summed E-state index contributed by atoms with van der Waals surface area (Å²) in [7, 11) is 0. The van der Waals surface area contributed by atoms with Crippen molar-refractivity contribution in [1.29, 1.82) is 0 Å². The van der Waals surface area contributed by atoms with Gasteiger partial charge in [-0.25, -0.2) is 0 Å². The largest absolute Gasteiger partial charge is 0.301 e. The van der Waals surface area contributed by atoms with Crippen LogP contribution in [0, 0.1) is 0 Å². The van der Waals surface area contributed by atoms with Crippen LogP contribution in [0.2, 0.25) is 0 Å². The molecular formula is C40H24N2S4. The van der Waals surface area contributed by atoms with Crippen LogP contribution in [0.5, 0.6) is 0 Å². The minimum atomic E-state index is 1.25. The summed E-state index contributed by atoms with van der Waals surface area (Å²) in [5.41, 5.74) is 5.02. The molecule has 4 aromatic carbocycles. The number of para-hydroxylation sites is 4. The van der Waals surface area contributed by atoms with E-state index >= 15 is 0 Å². The van der Waals surface area contributed by atoms with Crippen LogP contribution in [0.1, 0.15) is 0 Å². The summed E-state index contributed by atoms with van der Waals surface area (Å²) >= 11 is 7.49. The molecule has 10 rings (SSSR count). The molecule has 0 bridgehead atoms. The summed E-state index contributed by atoms with van der Waals surface area (Å²) in [4.78, 5) is 7.87. The third-order valence-electron chi connectivity index (χ3n) is 8.73. The summed E-state index contributed by atoms with van der Waals surface area (Å²) in [6.07, 6.45) is 0. The van der Waals surface area contributed by atoms with E-state index in [0.717, 1.165) is 0 Å². The summed E-state index contributed by atoms with van der Waals surface area (Å²) in [6, 6.07) is 53.1. The van der Waals surface area contributed by atoms with Gasteiger partial charge in [0.15, 0.2) is 0 Å². The minimum Gasteiger partial charge on any atom is -0.301 e. The first-order valence-corrected chi connectivity index (χ1v) is 18.4. The van der Waals surface area contributed by atoms with E-state index in [1.54, 1.807) is 0 Å². The second kappa shape index (κ2) is 10.4. The molecule has 0 radical (unpaired) electrons. The van der Waals surface area contributed by atoms with Gasteiger partial charge < -0.3 is 9.13 Å². The van der Waals surface area contributed by atoms with Crippen molar-refractivity contribution < 1.29 is 0 Å². The zero-order valence-corrected chi connectivity index (χ0v) is 27.6. The number of rotatable bonds is 5. The Morgan fingerprint density at radius 2 is 0.522 bits per heavy atom. The highest BCUT2D eigenvalue weighted by Crippen LogP contribution is 2.45. The molecule has 0 saturated carbocycles. The fourth-order valence-corrected chi connectivity index (χ4v) is 11.0. The highest BCUT2D eigenvalue weighted by molar-refractivity contribution is 7.29. The Labute approximate surface area is 281 Å². The molecule has 6 aromatic heterocycles. The SMILES string of the molecule is c1ccc2c(c1)c1ccccc1n2-c1ccc(-c2ccc(-c3ccc(-c4ccc(-n5c6ccccc6c6ccccc65)s4)s3)s2)s1. The van der Waals surface area contributed by atoms with Crippen molar-refractivity contribution in [3.05, 3.63) is 146 Å². The Balaban J connectivity index is 0.969. The molecule has 0 spiro atoms. The second-order valence-corrected chi connectivity index (χ2v) is 15.6. The lowest BCUT2D eigenvalue weighted by atomic mass is 10.2. The Morgan fingerprint density at radius 1 is 0.261 bits per heavy atom. The summed E-state index contributed by atoms with van der Waals surface area (Å²) < 4.78 is 4.82. The zero-order valence-electron chi connectivity index (χ0n) is 24.4. The van der Waals surface area contributed by atoms with Crippen molar-refractivity contribution in [1.82, 2.24) is 9.13 Å². The lowest BCUT2D eigenvalue weighted by Crippen LogP contribution is -1.89. The van der Waals surface area contributed by atoms with Crippen molar-refractivity contribution in [3.8, 4) is 39.3 Å². The molecule has 0 atom stereocenters. The maximum Gasteiger partial charge on any atom is 0.101 e. The maximum atomic E-state index is 2.41. The van der Waals surface area contributed by atoms with Crippen LogP contribution in [0.25, 0.3) is 82.9 Å². The van der Waals surface area contributed by atoms with Crippen LogP contribution in [0.15, 0.2) is 146 Å². The molecule has 0 amide bonds. The molecule has 0 aliphatic rings. The van der Waals surface area contributed by atoms with Crippen molar-refractivity contribution in [2.45, 2.75) is 0 Å². The average Bonchev–Trinajstić information content (AvgIpc) is 3.94. The van der Waals surface area contributed by atoms with Gasteiger partial charge in [-0.1, -0.05) is 72.8 Å². The van der Waals surface area contributed by atoms with E-state index in [-0.39, 0.29) is 0 Å². The Hall–Kier alpha value is -4.72. The molecule has 0 saturated heterocycles. The van der Waals surface area contributed by atoms with Gasteiger partial charge in [0, 0.05) is 50.8 Å². The number of benzene rings is 4. The van der Waals surface area contributed by atoms with Gasteiger partial charge in [0.2, 0.25) is 0 Å². The molecule has 218 valence electrons. The van der Waals surface area contributed by atoms with E-state index in [9.17, 15) is 0 Å². The summed E-state index contributed by atoms with van der Waals surface area (Å²) in [5.74, 6) is 0. The molecule has 0 aliphatic carbocycles. The number of hydrogen-bond donors (Lipinski definition) is 0. The molecule has 2 nitrogen and oxygen atoms in total. The van der Waals surface area contributed by atoms with Crippen LogP contribution in [-0.4, -0.2) is 9.13 Å². The van der Waals surface area contributed by atoms with Crippen molar-refractivity contribution >= 4 is 89.0 Å². The van der Waals surface area contributed by atoms with E-state index in [1.165, 1.54) is 82.9 Å². The van der Waals surface area contributed by atoms with Crippen molar-refractivity contribution in [2.75, 3.05) is 0 Å². The Bertz CT molecular complexity index is 2430.